The van der Waals surface area contributed by atoms with Gasteiger partial charge in [0.25, 0.3) is 5.91 Å². The van der Waals surface area contributed by atoms with E-state index in [9.17, 15) is 35.2 Å². The summed E-state index contributed by atoms with van der Waals surface area (Å²) in [6.45, 7) is -0.602. The van der Waals surface area contributed by atoms with Crippen molar-refractivity contribution in [2.45, 2.75) is 42.8 Å². The summed E-state index contributed by atoms with van der Waals surface area (Å²) in [6.07, 6.45) is -5.73. The predicted molar refractivity (Wildman–Crippen MR) is 109 cm³/mol. The smallest absolute Gasteiger partial charge is 0.365 e. The second kappa shape index (κ2) is 9.23. The molecule has 2 aliphatic heterocycles. The van der Waals surface area contributed by atoms with Gasteiger partial charge in [0.05, 0.1) is 12.6 Å². The minimum absolute atomic E-state index is 0.247. The Morgan fingerprint density at radius 1 is 1.09 bits per heavy atom. The fraction of sp³-hybridized carbons (Fsp3) is 0.409. The highest BCUT2D eigenvalue weighted by Crippen LogP contribution is 2.37. The molecule has 0 unspecified atom stereocenters. The minimum Gasteiger partial charge on any atom is -0.365 e. The van der Waals surface area contributed by atoms with Gasteiger partial charge in [-0.3, -0.25) is 8.98 Å². The SMILES string of the molecule is O=C([C@@H]1C[C@@H](F)[C@H](OS(=O)(=O)C(F)(F)F)CO1)N1CCc2ccccc2[C@@H]1c1ccc(F)cc1. The van der Waals surface area contributed by atoms with Crippen molar-refractivity contribution in [2.24, 2.45) is 0 Å². The molecule has 4 atom stereocenters. The Morgan fingerprint density at radius 3 is 2.41 bits per heavy atom. The third-order valence-electron chi connectivity index (χ3n) is 5.87. The molecule has 0 N–H and O–H groups in total. The summed E-state index contributed by atoms with van der Waals surface area (Å²) >= 11 is 0. The first-order valence-electron chi connectivity index (χ1n) is 10.4. The van der Waals surface area contributed by atoms with Crippen LogP contribution in [0.4, 0.5) is 22.0 Å². The molecule has 2 aliphatic rings. The number of carbonyl (C=O) groups excluding carboxylic acids is 1. The number of hydrogen-bond acceptors (Lipinski definition) is 5. The van der Waals surface area contributed by atoms with Gasteiger partial charge in [0.1, 0.15) is 24.2 Å². The molecule has 0 bridgehead atoms. The number of carbonyl (C=O) groups is 1. The predicted octanol–water partition coefficient (Wildman–Crippen LogP) is 3.66. The van der Waals surface area contributed by atoms with E-state index >= 15 is 0 Å². The van der Waals surface area contributed by atoms with Crippen molar-refractivity contribution < 1.29 is 44.1 Å². The van der Waals surface area contributed by atoms with E-state index in [4.69, 9.17) is 4.74 Å². The van der Waals surface area contributed by atoms with Crippen molar-refractivity contribution in [3.8, 4) is 0 Å². The number of rotatable bonds is 4. The molecule has 0 saturated carbocycles. The number of ether oxygens (including phenoxy) is 1. The first kappa shape index (κ1) is 24.6. The number of halogens is 5. The van der Waals surface area contributed by atoms with Crippen LogP contribution < -0.4 is 0 Å². The standard InChI is InChI=1S/C22H20F5NO5S/c23-15-7-5-14(6-8-15)20-16-4-2-1-3-13(16)9-10-28(20)21(29)18-11-17(24)19(12-32-18)33-34(30,31)22(25,26)27/h1-8,17-20H,9-12H2/t17-,18+,19-,20+/m1/s1. The monoisotopic (exact) mass is 505 g/mol. The van der Waals surface area contributed by atoms with E-state index in [1.54, 1.807) is 6.07 Å². The number of alkyl halides is 4. The summed E-state index contributed by atoms with van der Waals surface area (Å²) in [5, 5.41) is 0. The van der Waals surface area contributed by atoms with E-state index in [1.807, 2.05) is 18.2 Å². The molecule has 0 aromatic heterocycles. The van der Waals surface area contributed by atoms with Crippen molar-refractivity contribution >= 4 is 16.0 Å². The summed E-state index contributed by atoms with van der Waals surface area (Å²) in [4.78, 5) is 14.8. The Balaban J connectivity index is 1.55. The van der Waals surface area contributed by atoms with Gasteiger partial charge in [-0.1, -0.05) is 36.4 Å². The Morgan fingerprint density at radius 2 is 1.76 bits per heavy atom. The maximum atomic E-state index is 14.6. The van der Waals surface area contributed by atoms with E-state index in [0.29, 0.717) is 12.0 Å². The van der Waals surface area contributed by atoms with Gasteiger partial charge in [-0.15, -0.1) is 0 Å². The fourth-order valence-corrected chi connectivity index (χ4v) is 4.82. The van der Waals surface area contributed by atoms with Crippen molar-refractivity contribution in [3.63, 3.8) is 0 Å². The second-order valence-electron chi connectivity index (χ2n) is 8.04. The molecule has 1 amide bonds. The third-order valence-corrected chi connectivity index (χ3v) is 6.93. The van der Waals surface area contributed by atoms with E-state index in [-0.39, 0.29) is 6.54 Å². The van der Waals surface area contributed by atoms with Gasteiger partial charge in [-0.25, -0.2) is 8.78 Å². The average Bonchev–Trinajstić information content (AvgIpc) is 2.79. The molecule has 1 saturated heterocycles. The number of amides is 1. The molecule has 0 aliphatic carbocycles. The molecule has 184 valence electrons. The van der Waals surface area contributed by atoms with Crippen LogP contribution >= 0.6 is 0 Å². The van der Waals surface area contributed by atoms with Gasteiger partial charge in [-0.05, 0) is 35.2 Å². The summed E-state index contributed by atoms with van der Waals surface area (Å²) in [6, 6.07) is 12.4. The molecule has 1 fully saturated rings. The first-order valence-corrected chi connectivity index (χ1v) is 11.8. The Bertz CT molecular complexity index is 1160. The molecular formula is C22H20F5NO5S. The zero-order valence-corrected chi connectivity index (χ0v) is 18.4. The molecule has 2 aromatic rings. The summed E-state index contributed by atoms with van der Waals surface area (Å²) < 4.78 is 97.4. The summed E-state index contributed by atoms with van der Waals surface area (Å²) in [5.74, 6) is -1.06. The Labute approximate surface area is 192 Å². The van der Waals surface area contributed by atoms with Gasteiger partial charge in [0.15, 0.2) is 0 Å². The van der Waals surface area contributed by atoms with Crippen LogP contribution in [0.5, 0.6) is 0 Å². The molecule has 2 aromatic carbocycles. The van der Waals surface area contributed by atoms with Crippen LogP contribution in [0.3, 0.4) is 0 Å². The van der Waals surface area contributed by atoms with Gasteiger partial charge in [-0.2, -0.15) is 21.6 Å². The van der Waals surface area contributed by atoms with Crippen molar-refractivity contribution in [1.82, 2.24) is 4.90 Å². The van der Waals surface area contributed by atoms with Gasteiger partial charge < -0.3 is 9.64 Å². The highest BCUT2D eigenvalue weighted by Gasteiger charge is 2.51. The van der Waals surface area contributed by atoms with Gasteiger partial charge in [0, 0.05) is 13.0 Å². The van der Waals surface area contributed by atoms with Crippen LogP contribution in [-0.2, 0) is 30.3 Å². The quantitative estimate of drug-likeness (QED) is 0.360. The van der Waals surface area contributed by atoms with Crippen LogP contribution in [0.1, 0.15) is 29.2 Å². The maximum absolute atomic E-state index is 14.6. The normalized spacial score (nSPS) is 25.6. The summed E-state index contributed by atoms with van der Waals surface area (Å²) in [5.41, 5.74) is -3.30. The van der Waals surface area contributed by atoms with Crippen LogP contribution in [0.2, 0.25) is 0 Å². The lowest BCUT2D eigenvalue weighted by atomic mass is 9.87. The second-order valence-corrected chi connectivity index (χ2v) is 9.61. The lowest BCUT2D eigenvalue weighted by Gasteiger charge is -2.41. The number of nitrogens with zero attached hydrogens (tertiary/aromatic N) is 1. The molecule has 4 rings (SSSR count). The van der Waals surface area contributed by atoms with E-state index < -0.39 is 64.8 Å². The van der Waals surface area contributed by atoms with E-state index in [1.165, 1.54) is 29.2 Å². The highest BCUT2D eigenvalue weighted by molar-refractivity contribution is 7.87. The number of benzene rings is 2. The lowest BCUT2D eigenvalue weighted by molar-refractivity contribution is -0.158. The van der Waals surface area contributed by atoms with Crippen molar-refractivity contribution in [2.75, 3.05) is 13.2 Å². The summed E-state index contributed by atoms with van der Waals surface area (Å²) in [7, 11) is -6.02. The van der Waals surface area contributed by atoms with Crippen LogP contribution in [0, 0.1) is 5.82 Å². The molecule has 34 heavy (non-hydrogen) atoms. The molecule has 2 heterocycles. The van der Waals surface area contributed by atoms with E-state index in [2.05, 4.69) is 4.18 Å². The first-order chi connectivity index (χ1) is 16.0. The zero-order chi connectivity index (χ0) is 24.7. The van der Waals surface area contributed by atoms with Crippen molar-refractivity contribution in [3.05, 3.63) is 71.0 Å². The topological polar surface area (TPSA) is 72.9 Å². The lowest BCUT2D eigenvalue weighted by Crippen LogP contribution is -2.52. The fourth-order valence-electron chi connectivity index (χ4n) is 4.21. The molecular weight excluding hydrogens is 485 g/mol. The molecule has 6 nitrogen and oxygen atoms in total. The van der Waals surface area contributed by atoms with Gasteiger partial charge in [0.2, 0.25) is 0 Å². The molecule has 12 heteroatoms. The molecule has 0 spiro atoms. The third kappa shape index (κ3) is 4.80. The Hall–Kier alpha value is -2.57. The number of fused-ring (bicyclic) bond motifs is 1. The Kier molecular flexibility index (Phi) is 6.67. The van der Waals surface area contributed by atoms with E-state index in [0.717, 1.165) is 11.1 Å². The highest BCUT2D eigenvalue weighted by atomic mass is 32.2. The van der Waals surface area contributed by atoms with Crippen LogP contribution in [0.15, 0.2) is 48.5 Å². The van der Waals surface area contributed by atoms with Crippen LogP contribution in [0.25, 0.3) is 0 Å². The molecule has 0 radical (unpaired) electrons. The van der Waals surface area contributed by atoms with Crippen molar-refractivity contribution in [1.29, 1.82) is 0 Å². The number of hydrogen-bond donors (Lipinski definition) is 0. The average molecular weight is 505 g/mol. The van der Waals surface area contributed by atoms with Gasteiger partial charge >= 0.3 is 15.6 Å². The zero-order valence-electron chi connectivity index (χ0n) is 17.5. The largest absolute Gasteiger partial charge is 0.523 e. The van der Waals surface area contributed by atoms with Crippen LogP contribution in [-0.4, -0.2) is 56.3 Å². The minimum atomic E-state index is -6.02. The maximum Gasteiger partial charge on any atom is 0.523 e.